The van der Waals surface area contributed by atoms with Gasteiger partial charge in [-0.25, -0.2) is 14.8 Å². The molecule has 20 heavy (non-hydrogen) atoms. The molecule has 2 rings (SSSR count). The van der Waals surface area contributed by atoms with E-state index in [4.69, 9.17) is 4.74 Å². The number of anilines is 1. The third kappa shape index (κ3) is 2.73. The molecule has 0 unspecified atom stereocenters. The van der Waals surface area contributed by atoms with Gasteiger partial charge in [0.1, 0.15) is 10.3 Å². The van der Waals surface area contributed by atoms with Crippen molar-refractivity contribution in [3.8, 4) is 0 Å². The van der Waals surface area contributed by atoms with E-state index < -0.39 is 5.97 Å². The Bertz CT molecular complexity index is 639. The van der Waals surface area contributed by atoms with E-state index in [2.05, 4.69) is 15.3 Å². The summed E-state index contributed by atoms with van der Waals surface area (Å²) in [5.41, 5.74) is 1.73. The highest BCUT2D eigenvalue weighted by molar-refractivity contribution is 7.18. The Kier molecular flexibility index (Phi) is 4.51. The van der Waals surface area contributed by atoms with Gasteiger partial charge in [0.15, 0.2) is 11.5 Å². The summed E-state index contributed by atoms with van der Waals surface area (Å²) in [5.74, 6) is -0.781. The molecule has 0 saturated carbocycles. The van der Waals surface area contributed by atoms with E-state index in [1.165, 1.54) is 11.3 Å². The Morgan fingerprint density at radius 1 is 1.45 bits per heavy atom. The monoisotopic (exact) mass is 295 g/mol. The molecule has 0 bridgehead atoms. The summed E-state index contributed by atoms with van der Waals surface area (Å²) in [4.78, 5) is 21.9. The summed E-state index contributed by atoms with van der Waals surface area (Å²) < 4.78 is 4.94. The maximum absolute atomic E-state index is 11.3. The van der Waals surface area contributed by atoms with Crippen molar-refractivity contribution in [3.05, 3.63) is 16.1 Å². The standard InChI is InChI=1S/C13H17N3O3S/c1-4-8-7(2)20-12-9(8)15-10(13(17)18)11(16-12)14-5-6-19-3/h4-6H2,1-3H3,(H,14,16)(H,17,18). The second kappa shape index (κ2) is 6.15. The highest BCUT2D eigenvalue weighted by Gasteiger charge is 2.19. The number of fused-ring (bicyclic) bond motifs is 1. The maximum atomic E-state index is 11.3. The van der Waals surface area contributed by atoms with Gasteiger partial charge in [-0.2, -0.15) is 0 Å². The molecule has 0 fully saturated rings. The highest BCUT2D eigenvalue weighted by atomic mass is 32.1. The number of hydrogen-bond acceptors (Lipinski definition) is 6. The molecule has 0 atom stereocenters. The number of aryl methyl sites for hydroxylation is 2. The lowest BCUT2D eigenvalue weighted by Gasteiger charge is -2.07. The van der Waals surface area contributed by atoms with Gasteiger partial charge in [0.25, 0.3) is 0 Å². The lowest BCUT2D eigenvalue weighted by atomic mass is 10.2. The van der Waals surface area contributed by atoms with Gasteiger partial charge in [-0.3, -0.25) is 0 Å². The zero-order valence-corrected chi connectivity index (χ0v) is 12.5. The summed E-state index contributed by atoms with van der Waals surface area (Å²) in [7, 11) is 1.59. The molecule has 0 aliphatic rings. The second-order valence-corrected chi connectivity index (χ2v) is 5.49. The number of nitrogens with one attached hydrogen (secondary N) is 1. The minimum atomic E-state index is -1.08. The number of rotatable bonds is 6. The topological polar surface area (TPSA) is 84.3 Å². The normalized spacial score (nSPS) is 10.9. The van der Waals surface area contributed by atoms with Crippen LogP contribution in [0.1, 0.15) is 27.9 Å². The Hall–Kier alpha value is -1.73. The average molecular weight is 295 g/mol. The lowest BCUT2D eigenvalue weighted by Crippen LogP contribution is -2.14. The smallest absolute Gasteiger partial charge is 0.358 e. The maximum Gasteiger partial charge on any atom is 0.358 e. The van der Waals surface area contributed by atoms with Crippen LogP contribution in [-0.2, 0) is 11.2 Å². The van der Waals surface area contributed by atoms with Crippen molar-refractivity contribution in [2.75, 3.05) is 25.6 Å². The van der Waals surface area contributed by atoms with E-state index in [1.807, 2.05) is 13.8 Å². The molecule has 0 aliphatic heterocycles. The predicted molar refractivity (Wildman–Crippen MR) is 78.9 cm³/mol. The molecule has 0 aromatic carbocycles. The van der Waals surface area contributed by atoms with Gasteiger partial charge in [0.2, 0.25) is 0 Å². The van der Waals surface area contributed by atoms with E-state index in [-0.39, 0.29) is 5.69 Å². The largest absolute Gasteiger partial charge is 0.476 e. The van der Waals surface area contributed by atoms with Crippen molar-refractivity contribution in [2.24, 2.45) is 0 Å². The molecule has 0 radical (unpaired) electrons. The quantitative estimate of drug-likeness (QED) is 0.796. The van der Waals surface area contributed by atoms with Crippen LogP contribution in [0.15, 0.2) is 0 Å². The Morgan fingerprint density at radius 2 is 2.20 bits per heavy atom. The fraction of sp³-hybridized carbons (Fsp3) is 0.462. The first kappa shape index (κ1) is 14.7. The molecule has 2 heterocycles. The zero-order chi connectivity index (χ0) is 14.7. The van der Waals surface area contributed by atoms with Crippen LogP contribution in [0.2, 0.25) is 0 Å². The number of aromatic carboxylic acids is 1. The Labute approximate surface area is 120 Å². The van der Waals surface area contributed by atoms with E-state index in [0.29, 0.717) is 24.5 Å². The number of carboxylic acids is 1. The molecule has 0 aliphatic carbocycles. The summed E-state index contributed by atoms with van der Waals surface area (Å²) in [6, 6.07) is 0. The molecular weight excluding hydrogens is 278 g/mol. The van der Waals surface area contributed by atoms with E-state index >= 15 is 0 Å². The fourth-order valence-corrected chi connectivity index (χ4v) is 3.08. The first-order chi connectivity index (χ1) is 9.58. The SMILES string of the molecule is CCc1c(C)sc2nc(NCCOC)c(C(=O)O)nc12. The van der Waals surface area contributed by atoms with Crippen molar-refractivity contribution in [1.82, 2.24) is 9.97 Å². The molecule has 7 heteroatoms. The number of methoxy groups -OCH3 is 1. The van der Waals surface area contributed by atoms with Gasteiger partial charge >= 0.3 is 5.97 Å². The predicted octanol–water partition coefficient (Wildman–Crippen LogP) is 2.32. The zero-order valence-electron chi connectivity index (χ0n) is 11.7. The first-order valence-electron chi connectivity index (χ1n) is 6.34. The Morgan fingerprint density at radius 3 is 2.80 bits per heavy atom. The van der Waals surface area contributed by atoms with Crippen molar-refractivity contribution < 1.29 is 14.6 Å². The van der Waals surface area contributed by atoms with Crippen LogP contribution in [0, 0.1) is 6.92 Å². The number of thiophene rings is 1. The number of nitrogens with zero attached hydrogens (tertiary/aromatic N) is 2. The summed E-state index contributed by atoms with van der Waals surface area (Å²) in [6.45, 7) is 5.00. The Balaban J connectivity index is 2.50. The van der Waals surface area contributed by atoms with E-state index in [0.717, 1.165) is 21.7 Å². The number of carboxylic acid groups (broad SMARTS) is 1. The fourth-order valence-electron chi connectivity index (χ4n) is 2.02. The van der Waals surface area contributed by atoms with Crippen molar-refractivity contribution in [3.63, 3.8) is 0 Å². The lowest BCUT2D eigenvalue weighted by molar-refractivity contribution is 0.0691. The number of carbonyl (C=O) groups is 1. The number of aromatic nitrogens is 2. The molecular formula is C13H17N3O3S. The van der Waals surface area contributed by atoms with Gasteiger partial charge < -0.3 is 15.2 Å². The minimum Gasteiger partial charge on any atom is -0.476 e. The second-order valence-electron chi connectivity index (χ2n) is 4.29. The van der Waals surface area contributed by atoms with Crippen LogP contribution in [0.3, 0.4) is 0 Å². The number of ether oxygens (including phenoxy) is 1. The molecule has 0 saturated heterocycles. The molecule has 0 amide bonds. The van der Waals surface area contributed by atoms with Crippen LogP contribution in [0.25, 0.3) is 10.3 Å². The molecule has 6 nitrogen and oxygen atoms in total. The highest BCUT2D eigenvalue weighted by Crippen LogP contribution is 2.30. The van der Waals surface area contributed by atoms with Crippen LogP contribution < -0.4 is 5.32 Å². The van der Waals surface area contributed by atoms with Gasteiger partial charge in [0.05, 0.1) is 6.61 Å². The summed E-state index contributed by atoms with van der Waals surface area (Å²) >= 11 is 1.54. The van der Waals surface area contributed by atoms with Crippen molar-refractivity contribution in [1.29, 1.82) is 0 Å². The van der Waals surface area contributed by atoms with Crippen molar-refractivity contribution >= 4 is 33.5 Å². The average Bonchev–Trinajstić information content (AvgIpc) is 2.72. The third-order valence-electron chi connectivity index (χ3n) is 2.98. The van der Waals surface area contributed by atoms with Crippen LogP contribution in [0.4, 0.5) is 5.82 Å². The number of hydrogen-bond donors (Lipinski definition) is 2. The van der Waals surface area contributed by atoms with Gasteiger partial charge in [-0.15, -0.1) is 11.3 Å². The molecule has 108 valence electrons. The molecule has 2 aromatic heterocycles. The van der Waals surface area contributed by atoms with Gasteiger partial charge in [-0.05, 0) is 18.9 Å². The van der Waals surface area contributed by atoms with E-state index in [1.54, 1.807) is 7.11 Å². The summed E-state index contributed by atoms with van der Waals surface area (Å²) in [6.07, 6.45) is 0.815. The van der Waals surface area contributed by atoms with Gasteiger partial charge in [-0.1, -0.05) is 6.92 Å². The van der Waals surface area contributed by atoms with E-state index in [9.17, 15) is 9.90 Å². The molecule has 0 spiro atoms. The van der Waals surface area contributed by atoms with Crippen molar-refractivity contribution in [2.45, 2.75) is 20.3 Å². The molecule has 2 aromatic rings. The summed E-state index contributed by atoms with van der Waals surface area (Å²) in [5, 5.41) is 12.2. The van der Waals surface area contributed by atoms with Crippen LogP contribution in [0.5, 0.6) is 0 Å². The van der Waals surface area contributed by atoms with Crippen LogP contribution in [-0.4, -0.2) is 41.3 Å². The first-order valence-corrected chi connectivity index (χ1v) is 7.16. The van der Waals surface area contributed by atoms with Gasteiger partial charge in [0, 0.05) is 18.5 Å². The third-order valence-corrected chi connectivity index (χ3v) is 4.01. The molecule has 2 N–H and O–H groups in total. The minimum absolute atomic E-state index is 0.0406. The van der Waals surface area contributed by atoms with Crippen LogP contribution >= 0.6 is 11.3 Å².